The van der Waals surface area contributed by atoms with Crippen LogP contribution in [0.2, 0.25) is 0 Å². The lowest BCUT2D eigenvalue weighted by Gasteiger charge is -2.05. The monoisotopic (exact) mass is 345 g/mol. The largest absolute Gasteiger partial charge is 0.422 e. The Kier molecular flexibility index (Phi) is 3.58. The average Bonchev–Trinajstić information content (AvgIpc) is 2.66. The van der Waals surface area contributed by atoms with E-state index in [1.165, 1.54) is 30.3 Å². The Hall–Kier alpha value is -3.80. The molecule has 4 rings (SSSR count). The van der Waals surface area contributed by atoms with Crippen LogP contribution in [0, 0.1) is 10.1 Å². The molecule has 0 unspecified atom stereocenters. The van der Waals surface area contributed by atoms with Crippen molar-refractivity contribution in [3.63, 3.8) is 0 Å². The maximum atomic E-state index is 12.8. The van der Waals surface area contributed by atoms with Gasteiger partial charge >= 0.3 is 5.63 Å². The summed E-state index contributed by atoms with van der Waals surface area (Å²) >= 11 is 0. The van der Waals surface area contributed by atoms with Crippen molar-refractivity contribution in [1.82, 2.24) is 0 Å². The van der Waals surface area contributed by atoms with E-state index in [4.69, 9.17) is 4.42 Å². The maximum Gasteiger partial charge on any atom is 0.347 e. The van der Waals surface area contributed by atoms with Gasteiger partial charge in [0, 0.05) is 11.5 Å². The normalized spacial score (nSPS) is 10.9. The van der Waals surface area contributed by atoms with E-state index < -0.39 is 16.3 Å². The van der Waals surface area contributed by atoms with Crippen LogP contribution in [0.15, 0.2) is 75.9 Å². The van der Waals surface area contributed by atoms with Crippen LogP contribution in [-0.4, -0.2) is 10.7 Å². The number of benzene rings is 3. The third-order valence-corrected chi connectivity index (χ3v) is 4.23. The summed E-state index contributed by atoms with van der Waals surface area (Å²) in [5.74, 6) is -0.735. The van der Waals surface area contributed by atoms with Gasteiger partial charge in [0.05, 0.1) is 4.92 Å². The Labute approximate surface area is 146 Å². The molecule has 4 aromatic rings. The van der Waals surface area contributed by atoms with Gasteiger partial charge in [-0.1, -0.05) is 42.5 Å². The van der Waals surface area contributed by atoms with Crippen molar-refractivity contribution in [2.75, 3.05) is 0 Å². The van der Waals surface area contributed by atoms with Gasteiger partial charge in [-0.05, 0) is 29.0 Å². The predicted molar refractivity (Wildman–Crippen MR) is 96.5 cm³/mol. The number of nitro benzene ring substituents is 1. The minimum atomic E-state index is -0.823. The highest BCUT2D eigenvalue weighted by Gasteiger charge is 2.24. The van der Waals surface area contributed by atoms with Crippen molar-refractivity contribution in [3.05, 3.63) is 98.4 Å². The average molecular weight is 345 g/mol. The molecule has 126 valence electrons. The molecule has 0 N–H and O–H groups in total. The minimum Gasteiger partial charge on any atom is -0.422 e. The standard InChI is InChI=1S/C20H11NO5/c22-19(14-7-3-4-8-17(14)21(24)25)16-11-15-13-6-2-1-5-12(13)9-10-18(15)26-20(16)23/h1-11H. The quantitative estimate of drug-likeness (QED) is 0.183. The molecule has 0 bridgehead atoms. The molecule has 0 aliphatic rings. The molecule has 0 aliphatic heterocycles. The van der Waals surface area contributed by atoms with E-state index in [0.29, 0.717) is 11.0 Å². The SMILES string of the molecule is O=C(c1ccccc1[N+](=O)[O-])c1cc2c(ccc3ccccc32)oc1=O. The molecular weight excluding hydrogens is 334 g/mol. The van der Waals surface area contributed by atoms with Gasteiger partial charge in [0.1, 0.15) is 16.7 Å². The summed E-state index contributed by atoms with van der Waals surface area (Å²) in [5.41, 5.74) is -1.20. The Morgan fingerprint density at radius 3 is 2.42 bits per heavy atom. The van der Waals surface area contributed by atoms with Crippen LogP contribution >= 0.6 is 0 Å². The lowest BCUT2D eigenvalue weighted by Crippen LogP contribution is -2.16. The molecule has 26 heavy (non-hydrogen) atoms. The number of rotatable bonds is 3. The molecule has 6 nitrogen and oxygen atoms in total. The predicted octanol–water partition coefficient (Wildman–Crippen LogP) is 4.09. The van der Waals surface area contributed by atoms with Crippen molar-refractivity contribution >= 4 is 33.2 Å². The van der Waals surface area contributed by atoms with Crippen LogP contribution in [-0.2, 0) is 0 Å². The van der Waals surface area contributed by atoms with E-state index in [1.54, 1.807) is 6.07 Å². The number of fused-ring (bicyclic) bond motifs is 3. The zero-order valence-electron chi connectivity index (χ0n) is 13.3. The van der Waals surface area contributed by atoms with E-state index in [2.05, 4.69) is 0 Å². The molecule has 0 saturated carbocycles. The van der Waals surface area contributed by atoms with Gasteiger partial charge in [0.2, 0.25) is 5.78 Å². The van der Waals surface area contributed by atoms with Crippen LogP contribution in [0.25, 0.3) is 21.7 Å². The first kappa shape index (κ1) is 15.7. The Morgan fingerprint density at radius 2 is 1.62 bits per heavy atom. The molecule has 0 atom stereocenters. The molecule has 0 fully saturated rings. The molecule has 0 amide bonds. The molecule has 0 saturated heterocycles. The molecule has 0 aliphatic carbocycles. The van der Waals surface area contributed by atoms with Crippen molar-refractivity contribution in [3.8, 4) is 0 Å². The summed E-state index contributed by atoms with van der Waals surface area (Å²) in [4.78, 5) is 35.6. The minimum absolute atomic E-state index is 0.149. The number of ketones is 1. The topological polar surface area (TPSA) is 90.4 Å². The zero-order valence-corrected chi connectivity index (χ0v) is 13.3. The van der Waals surface area contributed by atoms with E-state index in [9.17, 15) is 19.7 Å². The van der Waals surface area contributed by atoms with Gasteiger partial charge in [0.25, 0.3) is 5.69 Å². The van der Waals surface area contributed by atoms with Gasteiger partial charge in [-0.2, -0.15) is 0 Å². The highest BCUT2D eigenvalue weighted by Crippen LogP contribution is 2.26. The van der Waals surface area contributed by atoms with Crippen LogP contribution in [0.1, 0.15) is 15.9 Å². The summed E-state index contributed by atoms with van der Waals surface area (Å²) in [5, 5.41) is 13.5. The third-order valence-electron chi connectivity index (χ3n) is 4.23. The molecule has 0 radical (unpaired) electrons. The van der Waals surface area contributed by atoms with E-state index in [-0.39, 0.29) is 16.8 Å². The molecule has 1 heterocycles. The van der Waals surface area contributed by atoms with Gasteiger partial charge < -0.3 is 4.42 Å². The fourth-order valence-electron chi connectivity index (χ4n) is 3.00. The highest BCUT2D eigenvalue weighted by atomic mass is 16.6. The van der Waals surface area contributed by atoms with Crippen LogP contribution in [0.4, 0.5) is 5.69 Å². The number of hydrogen-bond acceptors (Lipinski definition) is 5. The molecule has 1 aromatic heterocycles. The summed E-state index contributed by atoms with van der Waals surface area (Å²) in [6.45, 7) is 0. The molecule has 6 heteroatoms. The van der Waals surface area contributed by atoms with Crippen molar-refractivity contribution in [2.45, 2.75) is 0 Å². The molecular formula is C20H11NO5. The van der Waals surface area contributed by atoms with E-state index in [1.807, 2.05) is 30.3 Å². The number of nitrogens with zero attached hydrogens (tertiary/aromatic N) is 1. The lowest BCUT2D eigenvalue weighted by atomic mass is 10.00. The van der Waals surface area contributed by atoms with E-state index >= 15 is 0 Å². The van der Waals surface area contributed by atoms with Gasteiger partial charge in [0.15, 0.2) is 0 Å². The zero-order chi connectivity index (χ0) is 18.3. The van der Waals surface area contributed by atoms with Gasteiger partial charge in [-0.3, -0.25) is 14.9 Å². The van der Waals surface area contributed by atoms with Gasteiger partial charge in [-0.15, -0.1) is 0 Å². The number of nitro groups is 1. The van der Waals surface area contributed by atoms with E-state index in [0.717, 1.165) is 10.8 Å². The third kappa shape index (κ3) is 2.44. The summed E-state index contributed by atoms with van der Waals surface area (Å²) in [6.07, 6.45) is 0. The highest BCUT2D eigenvalue weighted by molar-refractivity contribution is 6.14. The molecule has 0 spiro atoms. The maximum absolute atomic E-state index is 12.8. The Bertz CT molecular complexity index is 1260. The number of carbonyl (C=O) groups excluding carboxylic acids is 1. The first-order valence-corrected chi connectivity index (χ1v) is 7.80. The number of hydrogen-bond donors (Lipinski definition) is 0. The van der Waals surface area contributed by atoms with Gasteiger partial charge in [-0.25, -0.2) is 4.79 Å². The number of para-hydroxylation sites is 1. The second-order valence-electron chi connectivity index (χ2n) is 5.75. The fourth-order valence-corrected chi connectivity index (χ4v) is 3.00. The Balaban J connectivity index is 1.99. The fraction of sp³-hybridized carbons (Fsp3) is 0. The van der Waals surface area contributed by atoms with Crippen LogP contribution in [0.3, 0.4) is 0 Å². The number of carbonyl (C=O) groups is 1. The second-order valence-corrected chi connectivity index (χ2v) is 5.75. The summed E-state index contributed by atoms with van der Waals surface area (Å²) in [6, 6.07) is 18.0. The van der Waals surface area contributed by atoms with Crippen LogP contribution < -0.4 is 5.63 Å². The second kappa shape index (κ2) is 5.93. The Morgan fingerprint density at radius 1 is 0.885 bits per heavy atom. The molecule has 3 aromatic carbocycles. The summed E-state index contributed by atoms with van der Waals surface area (Å²) < 4.78 is 5.30. The first-order valence-electron chi connectivity index (χ1n) is 7.80. The van der Waals surface area contributed by atoms with Crippen molar-refractivity contribution < 1.29 is 14.1 Å². The van der Waals surface area contributed by atoms with Crippen molar-refractivity contribution in [2.24, 2.45) is 0 Å². The smallest absolute Gasteiger partial charge is 0.347 e. The van der Waals surface area contributed by atoms with Crippen molar-refractivity contribution in [1.29, 1.82) is 0 Å². The lowest BCUT2D eigenvalue weighted by molar-refractivity contribution is -0.385. The van der Waals surface area contributed by atoms with Crippen LogP contribution in [0.5, 0.6) is 0 Å². The first-order chi connectivity index (χ1) is 12.6. The summed E-state index contributed by atoms with van der Waals surface area (Å²) in [7, 11) is 0.